The van der Waals surface area contributed by atoms with E-state index in [1.807, 2.05) is 0 Å². The summed E-state index contributed by atoms with van der Waals surface area (Å²) < 4.78 is 5.06. The molecule has 1 rings (SSSR count). The molecule has 0 heterocycles. The molecule has 1 saturated carbocycles. The summed E-state index contributed by atoms with van der Waals surface area (Å²) in [5, 5.41) is 7.43. The highest BCUT2D eigenvalue weighted by atomic mass is 32.1. The molecule has 0 aliphatic heterocycles. The summed E-state index contributed by atoms with van der Waals surface area (Å²) in [5.74, 6) is 0. The van der Waals surface area contributed by atoms with E-state index in [0.717, 1.165) is 5.11 Å². The number of hydrogen-bond donors (Lipinski definition) is 2. The quantitative estimate of drug-likeness (QED) is 0.587. The third kappa shape index (κ3) is 5.66. The highest BCUT2D eigenvalue weighted by Gasteiger charge is 2.13. The topological polar surface area (TPSA) is 33.3 Å². The number of methoxy groups -OCH3 is 1. The summed E-state index contributed by atoms with van der Waals surface area (Å²) in [5.41, 5.74) is 0. The van der Waals surface area contributed by atoms with Crippen LogP contribution in [0.4, 0.5) is 0 Å². The molecule has 0 bridgehead atoms. The summed E-state index contributed by atoms with van der Waals surface area (Å²) in [4.78, 5) is 0. The van der Waals surface area contributed by atoms with Crippen LogP contribution in [0.2, 0.25) is 0 Å². The molecule has 0 spiro atoms. The van der Waals surface area contributed by atoms with Crippen molar-refractivity contribution in [1.82, 2.24) is 10.6 Å². The Hall–Kier alpha value is -0.350. The van der Waals surface area contributed by atoms with Crippen LogP contribution in [0.1, 0.15) is 45.4 Å². The zero-order valence-corrected chi connectivity index (χ0v) is 11.2. The van der Waals surface area contributed by atoms with E-state index >= 15 is 0 Å². The average molecular weight is 244 g/mol. The van der Waals surface area contributed by atoms with Crippen LogP contribution in [0, 0.1) is 0 Å². The van der Waals surface area contributed by atoms with E-state index in [4.69, 9.17) is 17.0 Å². The van der Waals surface area contributed by atoms with Crippen molar-refractivity contribution in [2.24, 2.45) is 0 Å². The Bertz CT molecular complexity index is 203. The van der Waals surface area contributed by atoms with Crippen LogP contribution in [0.15, 0.2) is 0 Å². The lowest BCUT2D eigenvalue weighted by molar-refractivity contribution is 0.179. The van der Waals surface area contributed by atoms with Crippen molar-refractivity contribution in [3.63, 3.8) is 0 Å². The molecule has 0 unspecified atom stereocenters. The van der Waals surface area contributed by atoms with Crippen molar-refractivity contribution in [2.45, 2.75) is 57.5 Å². The molecule has 4 heteroatoms. The van der Waals surface area contributed by atoms with E-state index in [2.05, 4.69) is 17.6 Å². The zero-order chi connectivity index (χ0) is 11.8. The number of rotatable bonds is 4. The minimum atomic E-state index is 0.274. The van der Waals surface area contributed by atoms with E-state index in [0.29, 0.717) is 12.6 Å². The standard InChI is InChI=1S/C12H24N2OS/c1-10(9-15-2)13-12(16)14-11-7-5-3-4-6-8-11/h10-11H,3-9H2,1-2H3,(H2,13,14,16)/t10-/m0/s1. The maximum atomic E-state index is 5.29. The van der Waals surface area contributed by atoms with Crippen LogP contribution >= 0.6 is 12.2 Å². The third-order valence-electron chi connectivity index (χ3n) is 2.98. The van der Waals surface area contributed by atoms with Gasteiger partial charge in [0.2, 0.25) is 0 Å². The predicted octanol–water partition coefficient (Wildman–Crippen LogP) is 2.21. The molecule has 94 valence electrons. The Morgan fingerprint density at radius 2 is 1.94 bits per heavy atom. The molecule has 0 amide bonds. The lowest BCUT2D eigenvalue weighted by atomic mass is 10.1. The molecule has 0 aromatic heterocycles. The molecule has 0 saturated heterocycles. The smallest absolute Gasteiger partial charge is 0.166 e. The number of thiocarbonyl (C=S) groups is 1. The number of hydrogen-bond acceptors (Lipinski definition) is 2. The van der Waals surface area contributed by atoms with Gasteiger partial charge in [-0.25, -0.2) is 0 Å². The lowest BCUT2D eigenvalue weighted by Crippen LogP contribution is -2.46. The Kier molecular flexibility index (Phi) is 6.73. The van der Waals surface area contributed by atoms with Gasteiger partial charge in [0.1, 0.15) is 0 Å². The normalized spacial score (nSPS) is 19.9. The molecule has 1 aliphatic rings. The van der Waals surface area contributed by atoms with Crippen molar-refractivity contribution in [1.29, 1.82) is 0 Å². The van der Waals surface area contributed by atoms with Crippen molar-refractivity contribution in [2.75, 3.05) is 13.7 Å². The van der Waals surface area contributed by atoms with Crippen molar-refractivity contribution >= 4 is 17.3 Å². The van der Waals surface area contributed by atoms with Crippen LogP contribution in [-0.2, 0) is 4.74 Å². The lowest BCUT2D eigenvalue weighted by Gasteiger charge is -2.21. The molecule has 2 N–H and O–H groups in total. The zero-order valence-electron chi connectivity index (χ0n) is 10.4. The van der Waals surface area contributed by atoms with E-state index in [1.54, 1.807) is 7.11 Å². The van der Waals surface area contributed by atoms with Gasteiger partial charge in [0.05, 0.1) is 6.61 Å². The van der Waals surface area contributed by atoms with E-state index in [9.17, 15) is 0 Å². The maximum Gasteiger partial charge on any atom is 0.166 e. The van der Waals surface area contributed by atoms with E-state index < -0.39 is 0 Å². The van der Waals surface area contributed by atoms with Crippen molar-refractivity contribution < 1.29 is 4.74 Å². The molecule has 1 atom stereocenters. The van der Waals surface area contributed by atoms with Crippen molar-refractivity contribution in [3.8, 4) is 0 Å². The second-order valence-corrected chi connectivity index (χ2v) is 5.07. The monoisotopic (exact) mass is 244 g/mol. The summed E-state index contributed by atoms with van der Waals surface area (Å²) in [6.45, 7) is 2.76. The third-order valence-corrected chi connectivity index (χ3v) is 3.22. The fourth-order valence-corrected chi connectivity index (χ4v) is 2.53. The highest BCUT2D eigenvalue weighted by molar-refractivity contribution is 7.80. The Morgan fingerprint density at radius 3 is 2.50 bits per heavy atom. The van der Waals surface area contributed by atoms with Gasteiger partial charge in [0.25, 0.3) is 0 Å². The first-order chi connectivity index (χ1) is 7.72. The predicted molar refractivity (Wildman–Crippen MR) is 71.7 cm³/mol. The van der Waals surface area contributed by atoms with Gasteiger partial charge < -0.3 is 15.4 Å². The molecule has 1 fully saturated rings. The molecular weight excluding hydrogens is 220 g/mol. The summed E-state index contributed by atoms with van der Waals surface area (Å²) in [7, 11) is 1.71. The van der Waals surface area contributed by atoms with Gasteiger partial charge in [0, 0.05) is 19.2 Å². The minimum absolute atomic E-state index is 0.274. The molecular formula is C12H24N2OS. The molecule has 0 aromatic rings. The Morgan fingerprint density at radius 1 is 1.31 bits per heavy atom. The van der Waals surface area contributed by atoms with E-state index in [1.165, 1.54) is 38.5 Å². The van der Waals surface area contributed by atoms with E-state index in [-0.39, 0.29) is 6.04 Å². The van der Waals surface area contributed by atoms with Gasteiger partial charge in [-0.1, -0.05) is 25.7 Å². The fourth-order valence-electron chi connectivity index (χ4n) is 2.17. The minimum Gasteiger partial charge on any atom is -0.383 e. The van der Waals surface area contributed by atoms with Gasteiger partial charge >= 0.3 is 0 Å². The largest absolute Gasteiger partial charge is 0.383 e. The van der Waals surface area contributed by atoms with Gasteiger partial charge in [-0.2, -0.15) is 0 Å². The van der Waals surface area contributed by atoms with Gasteiger partial charge in [-0.3, -0.25) is 0 Å². The maximum absolute atomic E-state index is 5.29. The Balaban J connectivity index is 2.21. The second-order valence-electron chi connectivity index (χ2n) is 4.66. The highest BCUT2D eigenvalue weighted by Crippen LogP contribution is 2.16. The van der Waals surface area contributed by atoms with Crippen molar-refractivity contribution in [3.05, 3.63) is 0 Å². The SMILES string of the molecule is COC[C@H](C)NC(=S)NC1CCCCCC1. The summed E-state index contributed by atoms with van der Waals surface area (Å²) in [6, 6.07) is 0.841. The first-order valence-electron chi connectivity index (χ1n) is 6.28. The first-order valence-corrected chi connectivity index (χ1v) is 6.69. The van der Waals surface area contributed by atoms with Gasteiger partial charge in [-0.05, 0) is 32.0 Å². The van der Waals surface area contributed by atoms with Crippen LogP contribution in [0.25, 0.3) is 0 Å². The molecule has 16 heavy (non-hydrogen) atoms. The average Bonchev–Trinajstić information content (AvgIpc) is 2.46. The first kappa shape index (κ1) is 13.7. The van der Waals surface area contributed by atoms with Crippen LogP contribution in [0.3, 0.4) is 0 Å². The Labute approximate surface area is 104 Å². The molecule has 0 radical (unpaired) electrons. The number of ether oxygens (including phenoxy) is 1. The van der Waals surface area contributed by atoms with Crippen LogP contribution < -0.4 is 10.6 Å². The van der Waals surface area contributed by atoms with Crippen LogP contribution in [-0.4, -0.2) is 30.9 Å². The fraction of sp³-hybridized carbons (Fsp3) is 0.917. The summed E-state index contributed by atoms with van der Waals surface area (Å²) in [6.07, 6.45) is 7.90. The van der Waals surface area contributed by atoms with Crippen LogP contribution in [0.5, 0.6) is 0 Å². The molecule has 1 aliphatic carbocycles. The summed E-state index contributed by atoms with van der Waals surface area (Å²) >= 11 is 5.29. The molecule has 3 nitrogen and oxygen atoms in total. The molecule has 0 aromatic carbocycles. The number of nitrogens with one attached hydrogen (secondary N) is 2. The van der Waals surface area contributed by atoms with Gasteiger partial charge in [0.15, 0.2) is 5.11 Å². The second kappa shape index (κ2) is 7.85. The van der Waals surface area contributed by atoms with Gasteiger partial charge in [-0.15, -0.1) is 0 Å².